The number of benzene rings is 2. The van der Waals surface area contributed by atoms with Crippen LogP contribution in [-0.2, 0) is 0 Å². The Labute approximate surface area is 111 Å². The van der Waals surface area contributed by atoms with E-state index in [1.165, 1.54) is 19.2 Å². The van der Waals surface area contributed by atoms with Gasteiger partial charge in [0.15, 0.2) is 11.6 Å². The van der Waals surface area contributed by atoms with E-state index in [0.717, 1.165) is 0 Å². The Morgan fingerprint density at radius 1 is 1.11 bits per heavy atom. The van der Waals surface area contributed by atoms with Crippen LogP contribution in [0.25, 0.3) is 0 Å². The molecular weight excluding hydrogens is 247 g/mol. The summed E-state index contributed by atoms with van der Waals surface area (Å²) in [5, 5.41) is 9.96. The van der Waals surface area contributed by atoms with Gasteiger partial charge in [-0.2, -0.15) is 0 Å². The average molecular weight is 262 g/mol. The SMILES string of the molecule is COc1cccc(C(O)COc2ccccc2)c1F. The highest BCUT2D eigenvalue weighted by Gasteiger charge is 2.16. The minimum atomic E-state index is -1.05. The first-order valence-electron chi connectivity index (χ1n) is 5.90. The summed E-state index contributed by atoms with van der Waals surface area (Å²) in [4.78, 5) is 0. The number of para-hydroxylation sites is 1. The maximum absolute atomic E-state index is 13.9. The summed E-state index contributed by atoms with van der Waals surface area (Å²) in [6, 6.07) is 13.7. The maximum atomic E-state index is 13.9. The number of hydrogen-bond acceptors (Lipinski definition) is 3. The first-order chi connectivity index (χ1) is 9.22. The smallest absolute Gasteiger partial charge is 0.170 e. The van der Waals surface area contributed by atoms with Gasteiger partial charge in [-0.25, -0.2) is 4.39 Å². The van der Waals surface area contributed by atoms with Crippen LogP contribution < -0.4 is 9.47 Å². The second kappa shape index (κ2) is 6.20. The Balaban J connectivity index is 2.06. The fourth-order valence-corrected chi connectivity index (χ4v) is 1.72. The molecule has 3 nitrogen and oxygen atoms in total. The zero-order valence-corrected chi connectivity index (χ0v) is 10.5. The van der Waals surface area contributed by atoms with E-state index >= 15 is 0 Å². The second-order valence-corrected chi connectivity index (χ2v) is 4.00. The predicted molar refractivity (Wildman–Crippen MR) is 69.8 cm³/mol. The molecule has 2 aromatic rings. The monoisotopic (exact) mass is 262 g/mol. The van der Waals surface area contributed by atoms with E-state index in [0.29, 0.717) is 5.75 Å². The van der Waals surface area contributed by atoms with Crippen LogP contribution in [0.5, 0.6) is 11.5 Å². The van der Waals surface area contributed by atoms with Gasteiger partial charge >= 0.3 is 0 Å². The van der Waals surface area contributed by atoms with Gasteiger partial charge in [-0.3, -0.25) is 0 Å². The van der Waals surface area contributed by atoms with Crippen molar-refractivity contribution < 1.29 is 19.0 Å². The van der Waals surface area contributed by atoms with Gasteiger partial charge in [0.25, 0.3) is 0 Å². The van der Waals surface area contributed by atoms with Crippen molar-refractivity contribution in [1.29, 1.82) is 0 Å². The molecule has 19 heavy (non-hydrogen) atoms. The molecule has 0 aliphatic carbocycles. The van der Waals surface area contributed by atoms with Crippen LogP contribution in [0.3, 0.4) is 0 Å². The molecule has 0 spiro atoms. The molecule has 0 heterocycles. The van der Waals surface area contributed by atoms with Crippen LogP contribution in [0.15, 0.2) is 48.5 Å². The zero-order valence-electron chi connectivity index (χ0n) is 10.5. The summed E-state index contributed by atoms with van der Waals surface area (Å²) in [5.41, 5.74) is 0.162. The quantitative estimate of drug-likeness (QED) is 0.900. The van der Waals surface area contributed by atoms with E-state index < -0.39 is 11.9 Å². The number of aliphatic hydroxyl groups excluding tert-OH is 1. The minimum absolute atomic E-state index is 0.0197. The molecule has 4 heteroatoms. The summed E-state index contributed by atoms with van der Waals surface area (Å²) in [6.45, 7) is -0.0197. The third-order valence-electron chi connectivity index (χ3n) is 2.72. The number of ether oxygens (including phenoxy) is 2. The third-order valence-corrected chi connectivity index (χ3v) is 2.72. The highest BCUT2D eigenvalue weighted by Crippen LogP contribution is 2.25. The molecule has 0 radical (unpaired) electrons. The van der Waals surface area contributed by atoms with Gasteiger partial charge in [0.2, 0.25) is 0 Å². The van der Waals surface area contributed by atoms with E-state index in [1.807, 2.05) is 18.2 Å². The summed E-state index contributed by atoms with van der Waals surface area (Å²) in [6.07, 6.45) is -1.05. The standard InChI is InChI=1S/C15H15FO3/c1-18-14-9-5-8-12(15(14)16)13(17)10-19-11-6-3-2-4-7-11/h2-9,13,17H,10H2,1H3. The van der Waals surface area contributed by atoms with Gasteiger partial charge in [-0.05, 0) is 18.2 Å². The van der Waals surface area contributed by atoms with Crippen molar-refractivity contribution in [2.24, 2.45) is 0 Å². The van der Waals surface area contributed by atoms with E-state index in [2.05, 4.69) is 0 Å². The molecule has 1 atom stereocenters. The Morgan fingerprint density at radius 2 is 1.84 bits per heavy atom. The fraction of sp³-hybridized carbons (Fsp3) is 0.200. The molecule has 1 N–H and O–H groups in total. The van der Waals surface area contributed by atoms with Gasteiger partial charge in [-0.15, -0.1) is 0 Å². The Morgan fingerprint density at radius 3 is 2.53 bits per heavy atom. The number of hydrogen-bond donors (Lipinski definition) is 1. The van der Waals surface area contributed by atoms with Crippen LogP contribution in [0.4, 0.5) is 4.39 Å². The van der Waals surface area contributed by atoms with Crippen LogP contribution in [0.1, 0.15) is 11.7 Å². The molecule has 0 saturated heterocycles. The summed E-state index contributed by atoms with van der Waals surface area (Å²) < 4.78 is 24.2. The van der Waals surface area contributed by atoms with Gasteiger partial charge in [0, 0.05) is 5.56 Å². The molecule has 1 unspecified atom stereocenters. The second-order valence-electron chi connectivity index (χ2n) is 4.00. The van der Waals surface area contributed by atoms with Gasteiger partial charge in [-0.1, -0.05) is 30.3 Å². The largest absolute Gasteiger partial charge is 0.494 e. The van der Waals surface area contributed by atoms with Crippen LogP contribution in [0.2, 0.25) is 0 Å². The first kappa shape index (κ1) is 13.4. The number of aliphatic hydroxyl groups is 1. The average Bonchev–Trinajstić information content (AvgIpc) is 2.46. The third kappa shape index (κ3) is 3.23. The van der Waals surface area contributed by atoms with E-state index in [9.17, 15) is 9.50 Å². The van der Waals surface area contributed by atoms with Gasteiger partial charge in [0.05, 0.1) is 7.11 Å². The van der Waals surface area contributed by atoms with Crippen LogP contribution >= 0.6 is 0 Å². The molecule has 0 amide bonds. The topological polar surface area (TPSA) is 38.7 Å². The zero-order chi connectivity index (χ0) is 13.7. The first-order valence-corrected chi connectivity index (χ1v) is 5.90. The maximum Gasteiger partial charge on any atom is 0.170 e. The van der Waals surface area contributed by atoms with Crippen molar-refractivity contribution in [3.05, 3.63) is 59.9 Å². The minimum Gasteiger partial charge on any atom is -0.494 e. The lowest BCUT2D eigenvalue weighted by Gasteiger charge is -2.14. The van der Waals surface area contributed by atoms with Crippen molar-refractivity contribution in [2.45, 2.75) is 6.10 Å². The summed E-state index contributed by atoms with van der Waals surface area (Å²) >= 11 is 0. The predicted octanol–water partition coefficient (Wildman–Crippen LogP) is 2.95. The summed E-state index contributed by atoms with van der Waals surface area (Å²) in [5.74, 6) is 0.176. The van der Waals surface area contributed by atoms with E-state index in [1.54, 1.807) is 18.2 Å². The molecule has 0 bridgehead atoms. The molecule has 0 aliphatic rings. The number of rotatable bonds is 5. The molecule has 2 aromatic carbocycles. The van der Waals surface area contributed by atoms with Crippen molar-refractivity contribution in [2.75, 3.05) is 13.7 Å². The highest BCUT2D eigenvalue weighted by molar-refractivity contribution is 5.32. The van der Waals surface area contributed by atoms with Gasteiger partial charge < -0.3 is 14.6 Å². The normalized spacial score (nSPS) is 11.9. The van der Waals surface area contributed by atoms with Crippen LogP contribution in [0, 0.1) is 5.82 Å². The molecule has 100 valence electrons. The molecule has 0 aromatic heterocycles. The number of methoxy groups -OCH3 is 1. The highest BCUT2D eigenvalue weighted by atomic mass is 19.1. The van der Waals surface area contributed by atoms with Crippen molar-refractivity contribution in [3.8, 4) is 11.5 Å². The fourth-order valence-electron chi connectivity index (χ4n) is 1.72. The van der Waals surface area contributed by atoms with Crippen molar-refractivity contribution in [1.82, 2.24) is 0 Å². The Hall–Kier alpha value is -2.07. The summed E-state index contributed by atoms with van der Waals surface area (Å²) in [7, 11) is 1.38. The van der Waals surface area contributed by atoms with E-state index in [4.69, 9.17) is 9.47 Å². The number of halogens is 1. The van der Waals surface area contributed by atoms with Crippen molar-refractivity contribution >= 4 is 0 Å². The molecule has 2 rings (SSSR count). The lowest BCUT2D eigenvalue weighted by molar-refractivity contribution is 0.104. The lowest BCUT2D eigenvalue weighted by atomic mass is 10.1. The molecule has 0 saturated carbocycles. The Bertz CT molecular complexity index is 528. The molecule has 0 aliphatic heterocycles. The van der Waals surface area contributed by atoms with Gasteiger partial charge in [0.1, 0.15) is 18.5 Å². The Kier molecular flexibility index (Phi) is 4.36. The van der Waals surface area contributed by atoms with Crippen LogP contribution in [-0.4, -0.2) is 18.8 Å². The van der Waals surface area contributed by atoms with E-state index in [-0.39, 0.29) is 17.9 Å². The van der Waals surface area contributed by atoms with Crippen molar-refractivity contribution in [3.63, 3.8) is 0 Å². The lowest BCUT2D eigenvalue weighted by Crippen LogP contribution is -2.11. The molecule has 0 fully saturated rings. The molecular formula is C15H15FO3.